The van der Waals surface area contributed by atoms with E-state index < -0.39 is 0 Å². The number of hydrogen-bond donors (Lipinski definition) is 1. The van der Waals surface area contributed by atoms with E-state index >= 15 is 0 Å². The molecule has 0 aliphatic heterocycles. The van der Waals surface area contributed by atoms with Gasteiger partial charge in [0.25, 0.3) is 0 Å². The zero-order chi connectivity index (χ0) is 20.2. The highest BCUT2D eigenvalue weighted by molar-refractivity contribution is 5.82. The van der Waals surface area contributed by atoms with Crippen LogP contribution in [0.1, 0.15) is 71.6 Å². The Morgan fingerprint density at radius 1 is 1.14 bits per heavy atom. The number of ketones is 1. The number of rotatable bonds is 4. The fourth-order valence-corrected chi connectivity index (χ4v) is 8.77. The molecule has 4 saturated carbocycles. The molecular formula is C25H38N2O2. The molecule has 4 fully saturated rings. The maximum atomic E-state index is 13.2. The van der Waals surface area contributed by atoms with Crippen molar-refractivity contribution in [2.24, 2.45) is 46.3 Å². The lowest BCUT2D eigenvalue weighted by molar-refractivity contribution is -0.151. The van der Waals surface area contributed by atoms with Crippen molar-refractivity contribution in [2.75, 3.05) is 6.61 Å². The molecule has 0 saturated heterocycles. The monoisotopic (exact) mass is 398 g/mol. The van der Waals surface area contributed by atoms with Crippen LogP contribution in [0.25, 0.3) is 0 Å². The Kier molecular flexibility index (Phi) is 4.92. The van der Waals surface area contributed by atoms with Crippen LogP contribution in [-0.2, 0) is 11.3 Å². The standard InChI is InChI=1S/C25H38N2O2/c1-17-8-11-25(16-28)18(14-17)4-5-19-20-6-7-22(24(20,2)10-9-21(19)25)23(29)15-27-13-3-12-26-27/h3,12-13,17-22,28H,4-11,14-16H2,1-2H3. The van der Waals surface area contributed by atoms with E-state index in [0.717, 1.165) is 18.3 Å². The smallest absolute Gasteiger partial charge is 0.157 e. The summed E-state index contributed by atoms with van der Waals surface area (Å²) in [6.45, 7) is 5.64. The van der Waals surface area contributed by atoms with Crippen LogP contribution in [0.3, 0.4) is 0 Å². The first-order chi connectivity index (χ1) is 14.0. The molecule has 1 N–H and O–H groups in total. The van der Waals surface area contributed by atoms with Crippen molar-refractivity contribution in [3.63, 3.8) is 0 Å². The number of aliphatic hydroxyl groups excluding tert-OH is 1. The number of carbonyl (C=O) groups is 1. The molecule has 4 aliphatic carbocycles. The number of carbonyl (C=O) groups excluding carboxylic acids is 1. The van der Waals surface area contributed by atoms with Crippen molar-refractivity contribution in [2.45, 2.75) is 78.2 Å². The Balaban J connectivity index is 1.38. The quantitative estimate of drug-likeness (QED) is 0.798. The van der Waals surface area contributed by atoms with Gasteiger partial charge in [-0.15, -0.1) is 0 Å². The zero-order valence-corrected chi connectivity index (χ0v) is 18.2. The van der Waals surface area contributed by atoms with E-state index in [1.54, 1.807) is 10.9 Å². The highest BCUT2D eigenvalue weighted by Gasteiger charge is 2.62. The van der Waals surface area contributed by atoms with E-state index in [1.165, 1.54) is 51.4 Å². The summed E-state index contributed by atoms with van der Waals surface area (Å²) in [5.74, 6) is 4.17. The van der Waals surface area contributed by atoms with Gasteiger partial charge in [-0.25, -0.2) is 0 Å². The van der Waals surface area contributed by atoms with Crippen LogP contribution in [0, 0.1) is 46.3 Å². The normalized spacial score (nSPS) is 46.6. The van der Waals surface area contributed by atoms with Crippen LogP contribution in [0.4, 0.5) is 0 Å². The molecule has 0 spiro atoms. The second kappa shape index (κ2) is 7.21. The van der Waals surface area contributed by atoms with E-state index in [9.17, 15) is 9.90 Å². The van der Waals surface area contributed by atoms with Gasteiger partial charge in [-0.1, -0.05) is 20.3 Å². The van der Waals surface area contributed by atoms with Crippen molar-refractivity contribution in [3.05, 3.63) is 18.5 Å². The third-order valence-electron chi connectivity index (χ3n) is 10.2. The number of aromatic nitrogens is 2. The molecule has 0 amide bonds. The van der Waals surface area contributed by atoms with Gasteiger partial charge in [0.2, 0.25) is 0 Å². The molecular weight excluding hydrogens is 360 g/mol. The predicted octanol–water partition coefficient (Wildman–Crippen LogP) is 4.72. The molecule has 8 atom stereocenters. The van der Waals surface area contributed by atoms with Crippen molar-refractivity contribution >= 4 is 5.78 Å². The van der Waals surface area contributed by atoms with Crippen LogP contribution in [0.2, 0.25) is 0 Å². The van der Waals surface area contributed by atoms with E-state index in [1.807, 2.05) is 12.3 Å². The topological polar surface area (TPSA) is 55.1 Å². The second-order valence-electron chi connectivity index (χ2n) is 11.3. The molecule has 0 bridgehead atoms. The number of nitrogens with zero attached hydrogens (tertiary/aromatic N) is 2. The van der Waals surface area contributed by atoms with Gasteiger partial charge in [0.15, 0.2) is 5.78 Å². The summed E-state index contributed by atoms with van der Waals surface area (Å²) in [5.41, 5.74) is 0.324. The predicted molar refractivity (Wildman–Crippen MR) is 113 cm³/mol. The minimum atomic E-state index is 0.150. The Morgan fingerprint density at radius 3 is 2.76 bits per heavy atom. The van der Waals surface area contributed by atoms with Crippen LogP contribution >= 0.6 is 0 Å². The van der Waals surface area contributed by atoms with Crippen molar-refractivity contribution < 1.29 is 9.90 Å². The van der Waals surface area contributed by atoms with Gasteiger partial charge in [0.1, 0.15) is 0 Å². The van der Waals surface area contributed by atoms with E-state index in [-0.39, 0.29) is 16.7 Å². The molecule has 1 heterocycles. The summed E-state index contributed by atoms with van der Waals surface area (Å²) < 4.78 is 1.79. The Hall–Kier alpha value is -1.16. The SMILES string of the molecule is CC1CCC2(CO)C(CCC3C4CCC(C(=O)Cn5cccn5)C4(C)CCC32)C1. The summed E-state index contributed by atoms with van der Waals surface area (Å²) in [6, 6.07) is 1.90. The van der Waals surface area contributed by atoms with Gasteiger partial charge < -0.3 is 5.11 Å². The summed E-state index contributed by atoms with van der Waals surface area (Å²) in [7, 11) is 0. The van der Waals surface area contributed by atoms with E-state index in [0.29, 0.717) is 36.7 Å². The number of Topliss-reactive ketones (excluding diaryl/α,β-unsaturated/α-hetero) is 1. The van der Waals surface area contributed by atoms with Gasteiger partial charge in [0.05, 0.1) is 6.54 Å². The molecule has 0 aromatic carbocycles. The number of fused-ring (bicyclic) bond motifs is 5. The molecule has 0 radical (unpaired) electrons. The Labute approximate surface area is 175 Å². The second-order valence-corrected chi connectivity index (χ2v) is 11.3. The molecule has 8 unspecified atom stereocenters. The largest absolute Gasteiger partial charge is 0.396 e. The number of hydrogen-bond acceptors (Lipinski definition) is 3. The van der Waals surface area contributed by atoms with Crippen molar-refractivity contribution in [1.29, 1.82) is 0 Å². The van der Waals surface area contributed by atoms with Gasteiger partial charge in [0, 0.05) is 24.9 Å². The molecule has 4 aliphatic rings. The summed E-state index contributed by atoms with van der Waals surface area (Å²) in [4.78, 5) is 13.2. The van der Waals surface area contributed by atoms with E-state index in [2.05, 4.69) is 18.9 Å². The molecule has 1 aromatic rings. The fourth-order valence-electron chi connectivity index (χ4n) is 8.77. The lowest BCUT2D eigenvalue weighted by Crippen LogP contribution is -2.56. The average molecular weight is 399 g/mol. The van der Waals surface area contributed by atoms with Crippen LogP contribution in [-0.4, -0.2) is 27.3 Å². The Bertz CT molecular complexity index is 746. The summed E-state index contributed by atoms with van der Waals surface area (Å²) in [5, 5.41) is 14.9. The Morgan fingerprint density at radius 2 is 2.00 bits per heavy atom. The van der Waals surface area contributed by atoms with Crippen molar-refractivity contribution in [3.8, 4) is 0 Å². The first-order valence-corrected chi connectivity index (χ1v) is 12.1. The maximum Gasteiger partial charge on any atom is 0.157 e. The van der Waals surface area contributed by atoms with Crippen LogP contribution in [0.15, 0.2) is 18.5 Å². The van der Waals surface area contributed by atoms with E-state index in [4.69, 9.17) is 0 Å². The third-order valence-corrected chi connectivity index (χ3v) is 10.2. The minimum Gasteiger partial charge on any atom is -0.396 e. The summed E-state index contributed by atoms with van der Waals surface area (Å²) >= 11 is 0. The van der Waals surface area contributed by atoms with Gasteiger partial charge >= 0.3 is 0 Å². The van der Waals surface area contributed by atoms with Gasteiger partial charge in [-0.3, -0.25) is 9.48 Å². The zero-order valence-electron chi connectivity index (χ0n) is 18.2. The van der Waals surface area contributed by atoms with Crippen molar-refractivity contribution in [1.82, 2.24) is 9.78 Å². The molecule has 160 valence electrons. The van der Waals surface area contributed by atoms with Gasteiger partial charge in [-0.05, 0) is 97.9 Å². The lowest BCUT2D eigenvalue weighted by Gasteiger charge is -2.61. The first kappa shape index (κ1) is 19.8. The average Bonchev–Trinajstić information content (AvgIpc) is 3.34. The fraction of sp³-hybridized carbons (Fsp3) is 0.840. The third kappa shape index (κ3) is 2.96. The maximum absolute atomic E-state index is 13.2. The van der Waals surface area contributed by atoms with Crippen LogP contribution in [0.5, 0.6) is 0 Å². The molecule has 29 heavy (non-hydrogen) atoms. The summed E-state index contributed by atoms with van der Waals surface area (Å²) in [6.07, 6.45) is 14.7. The molecule has 1 aromatic heterocycles. The highest BCUT2D eigenvalue weighted by Crippen LogP contribution is 2.67. The van der Waals surface area contributed by atoms with Gasteiger partial charge in [-0.2, -0.15) is 5.10 Å². The highest BCUT2D eigenvalue weighted by atomic mass is 16.3. The molecule has 5 rings (SSSR count). The molecule has 4 nitrogen and oxygen atoms in total. The van der Waals surface area contributed by atoms with Crippen LogP contribution < -0.4 is 0 Å². The first-order valence-electron chi connectivity index (χ1n) is 12.1. The minimum absolute atomic E-state index is 0.150. The lowest BCUT2D eigenvalue weighted by atomic mass is 9.44. The molecule has 4 heteroatoms. The number of aliphatic hydroxyl groups is 1.